The van der Waals surface area contributed by atoms with Crippen molar-refractivity contribution in [1.82, 2.24) is 4.90 Å². The fraction of sp³-hybridized carbons (Fsp3) is 0.556. The first kappa shape index (κ1) is 17.9. The van der Waals surface area contributed by atoms with Crippen LogP contribution in [0, 0.1) is 11.3 Å². The summed E-state index contributed by atoms with van der Waals surface area (Å²) in [6, 6.07) is 9.64. The summed E-state index contributed by atoms with van der Waals surface area (Å²) in [5.41, 5.74) is 0.839. The Morgan fingerprint density at radius 1 is 1.16 bits per heavy atom. The van der Waals surface area contributed by atoms with E-state index in [4.69, 9.17) is 5.11 Å². The first-order valence-corrected chi connectivity index (χ1v) is 10.4. The van der Waals surface area contributed by atoms with Crippen LogP contribution in [-0.2, 0) is 25.8 Å². The lowest BCUT2D eigenvalue weighted by Gasteiger charge is -2.26. The predicted octanol–water partition coefficient (Wildman–Crippen LogP) is 1.36. The average molecular weight is 365 g/mol. The molecule has 0 radical (unpaired) electrons. The molecule has 1 heterocycles. The molecule has 1 amide bonds. The predicted molar refractivity (Wildman–Crippen MR) is 92.8 cm³/mol. The standard InChI is InChI=1S/C18H23NO5S/c20-16(21)13-19(9-6-14-4-2-1-3-5-14)17(22)15-12-18(15)7-10-25(23,24)11-8-18/h1-5,15H,6-13H2,(H,20,21). The quantitative estimate of drug-likeness (QED) is 0.822. The Balaban J connectivity index is 1.63. The second-order valence-electron chi connectivity index (χ2n) is 7.16. The zero-order valence-corrected chi connectivity index (χ0v) is 14.9. The van der Waals surface area contributed by atoms with Crippen LogP contribution < -0.4 is 0 Å². The van der Waals surface area contributed by atoms with E-state index in [0.717, 1.165) is 5.56 Å². The second kappa shape index (κ2) is 6.78. The van der Waals surface area contributed by atoms with E-state index in [-0.39, 0.29) is 35.3 Å². The summed E-state index contributed by atoms with van der Waals surface area (Å²) in [5, 5.41) is 9.13. The van der Waals surface area contributed by atoms with Gasteiger partial charge in [-0.3, -0.25) is 9.59 Å². The molecular weight excluding hydrogens is 342 g/mol. The van der Waals surface area contributed by atoms with Gasteiger partial charge in [-0.05, 0) is 36.7 Å². The Morgan fingerprint density at radius 3 is 2.40 bits per heavy atom. The van der Waals surface area contributed by atoms with Crippen LogP contribution >= 0.6 is 0 Å². The van der Waals surface area contributed by atoms with Crippen LogP contribution in [-0.4, -0.2) is 54.9 Å². The van der Waals surface area contributed by atoms with E-state index in [1.54, 1.807) is 0 Å². The smallest absolute Gasteiger partial charge is 0.323 e. The molecule has 7 heteroatoms. The molecule has 6 nitrogen and oxygen atoms in total. The van der Waals surface area contributed by atoms with E-state index in [1.165, 1.54) is 4.90 Å². The summed E-state index contributed by atoms with van der Waals surface area (Å²) in [5.74, 6) is -1.11. The zero-order valence-electron chi connectivity index (χ0n) is 14.1. The third-order valence-electron chi connectivity index (χ3n) is 5.46. The number of carbonyl (C=O) groups is 2. The number of carbonyl (C=O) groups excluding carboxylic acids is 1. The average Bonchev–Trinajstić information content (AvgIpc) is 3.29. The Labute approximate surface area is 147 Å². The van der Waals surface area contributed by atoms with Gasteiger partial charge in [-0.2, -0.15) is 0 Å². The molecule has 0 aromatic heterocycles. The Morgan fingerprint density at radius 2 is 1.80 bits per heavy atom. The van der Waals surface area contributed by atoms with Crippen molar-refractivity contribution in [2.75, 3.05) is 24.6 Å². The van der Waals surface area contributed by atoms with Gasteiger partial charge >= 0.3 is 5.97 Å². The fourth-order valence-corrected chi connectivity index (χ4v) is 5.39. The highest BCUT2D eigenvalue weighted by molar-refractivity contribution is 7.91. The summed E-state index contributed by atoms with van der Waals surface area (Å²) in [6.45, 7) is 0.0522. The number of aliphatic carboxylic acids is 1. The van der Waals surface area contributed by atoms with E-state index in [1.807, 2.05) is 30.3 Å². The van der Waals surface area contributed by atoms with Crippen LogP contribution in [0.25, 0.3) is 0 Å². The molecule has 1 unspecified atom stereocenters. The van der Waals surface area contributed by atoms with Gasteiger partial charge in [0.2, 0.25) is 5.91 Å². The van der Waals surface area contributed by atoms with Gasteiger partial charge in [0.1, 0.15) is 16.4 Å². The topological polar surface area (TPSA) is 91.8 Å². The molecule has 1 spiro atoms. The highest BCUT2D eigenvalue weighted by atomic mass is 32.2. The third-order valence-corrected chi connectivity index (χ3v) is 7.11. The van der Waals surface area contributed by atoms with Crippen LogP contribution in [0.4, 0.5) is 0 Å². The number of carboxylic acid groups (broad SMARTS) is 1. The van der Waals surface area contributed by atoms with Gasteiger partial charge in [0.05, 0.1) is 11.5 Å². The minimum Gasteiger partial charge on any atom is -0.480 e. The lowest BCUT2D eigenvalue weighted by atomic mass is 9.95. The molecule has 1 aliphatic heterocycles. The number of benzene rings is 1. The molecule has 3 rings (SSSR count). The molecule has 1 saturated carbocycles. The number of amides is 1. The Bertz CT molecular complexity index is 745. The van der Waals surface area contributed by atoms with E-state index >= 15 is 0 Å². The molecule has 1 aromatic rings. The highest BCUT2D eigenvalue weighted by Crippen LogP contribution is 2.60. The summed E-state index contributed by atoms with van der Waals surface area (Å²) in [4.78, 5) is 25.4. The summed E-state index contributed by atoms with van der Waals surface area (Å²) >= 11 is 0. The lowest BCUT2D eigenvalue weighted by Crippen LogP contribution is -2.40. The van der Waals surface area contributed by atoms with Crippen molar-refractivity contribution in [3.63, 3.8) is 0 Å². The minimum absolute atomic E-state index is 0.139. The largest absolute Gasteiger partial charge is 0.480 e. The van der Waals surface area contributed by atoms with Crippen LogP contribution in [0.3, 0.4) is 0 Å². The number of sulfone groups is 1. The molecule has 1 N–H and O–H groups in total. The summed E-state index contributed by atoms with van der Waals surface area (Å²) in [7, 11) is -2.97. The van der Waals surface area contributed by atoms with E-state index in [2.05, 4.69) is 0 Å². The minimum atomic E-state index is -2.97. The first-order valence-electron chi connectivity index (χ1n) is 8.56. The zero-order chi connectivity index (χ0) is 18.1. The highest BCUT2D eigenvalue weighted by Gasteiger charge is 2.60. The normalized spacial score (nSPS) is 23.1. The molecule has 136 valence electrons. The monoisotopic (exact) mass is 365 g/mol. The molecule has 1 atom stereocenters. The van der Waals surface area contributed by atoms with Gasteiger partial charge in [-0.25, -0.2) is 8.42 Å². The molecule has 2 aliphatic rings. The van der Waals surface area contributed by atoms with Gasteiger partial charge < -0.3 is 10.0 Å². The number of nitrogens with zero attached hydrogens (tertiary/aromatic N) is 1. The third kappa shape index (κ3) is 4.21. The maximum atomic E-state index is 12.8. The number of hydrogen-bond donors (Lipinski definition) is 1. The van der Waals surface area contributed by atoms with Crippen molar-refractivity contribution in [2.24, 2.45) is 11.3 Å². The fourth-order valence-electron chi connectivity index (χ4n) is 3.75. The Hall–Kier alpha value is -1.89. The molecule has 0 bridgehead atoms. The maximum Gasteiger partial charge on any atom is 0.323 e. The van der Waals surface area contributed by atoms with Crippen molar-refractivity contribution in [1.29, 1.82) is 0 Å². The SMILES string of the molecule is O=C(O)CN(CCc1ccccc1)C(=O)C1CC12CCS(=O)(=O)CC2. The molecule has 2 fully saturated rings. The van der Waals surface area contributed by atoms with Crippen molar-refractivity contribution >= 4 is 21.7 Å². The van der Waals surface area contributed by atoms with Gasteiger partial charge in [0.25, 0.3) is 0 Å². The van der Waals surface area contributed by atoms with Crippen molar-refractivity contribution in [3.8, 4) is 0 Å². The summed E-state index contributed by atoms with van der Waals surface area (Å²) in [6.07, 6.45) is 2.33. The molecule has 1 aliphatic carbocycles. The molecule has 25 heavy (non-hydrogen) atoms. The summed E-state index contributed by atoms with van der Waals surface area (Å²) < 4.78 is 23.2. The van der Waals surface area contributed by atoms with E-state index in [0.29, 0.717) is 32.2 Å². The van der Waals surface area contributed by atoms with Gasteiger partial charge in [-0.15, -0.1) is 0 Å². The number of hydrogen-bond acceptors (Lipinski definition) is 4. The van der Waals surface area contributed by atoms with E-state index in [9.17, 15) is 18.0 Å². The van der Waals surface area contributed by atoms with Crippen molar-refractivity contribution in [3.05, 3.63) is 35.9 Å². The van der Waals surface area contributed by atoms with Gasteiger partial charge in [-0.1, -0.05) is 30.3 Å². The van der Waals surface area contributed by atoms with Crippen molar-refractivity contribution in [2.45, 2.75) is 25.7 Å². The van der Waals surface area contributed by atoms with Crippen LogP contribution in [0.5, 0.6) is 0 Å². The maximum absolute atomic E-state index is 12.8. The number of rotatable bonds is 6. The lowest BCUT2D eigenvalue weighted by molar-refractivity contribution is -0.145. The second-order valence-corrected chi connectivity index (χ2v) is 9.46. The van der Waals surface area contributed by atoms with E-state index < -0.39 is 15.8 Å². The molecule has 1 saturated heterocycles. The van der Waals surface area contributed by atoms with Crippen LogP contribution in [0.2, 0.25) is 0 Å². The molecule has 1 aromatic carbocycles. The van der Waals surface area contributed by atoms with Gasteiger partial charge in [0.15, 0.2) is 0 Å². The van der Waals surface area contributed by atoms with Crippen LogP contribution in [0.15, 0.2) is 30.3 Å². The molecular formula is C18H23NO5S. The van der Waals surface area contributed by atoms with Crippen molar-refractivity contribution < 1.29 is 23.1 Å². The van der Waals surface area contributed by atoms with Gasteiger partial charge in [0, 0.05) is 12.5 Å². The Kier molecular flexibility index (Phi) is 4.86. The first-order chi connectivity index (χ1) is 11.8. The number of carboxylic acids is 1. The van der Waals surface area contributed by atoms with Crippen LogP contribution in [0.1, 0.15) is 24.8 Å².